The maximum Gasteiger partial charge on any atom is 0.222 e. The van der Waals surface area contributed by atoms with E-state index in [1.807, 2.05) is 0 Å². The van der Waals surface area contributed by atoms with Gasteiger partial charge in [-0.2, -0.15) is 0 Å². The molecule has 1 unspecified atom stereocenters. The van der Waals surface area contributed by atoms with Crippen LogP contribution in [-0.4, -0.2) is 49.5 Å². The maximum absolute atomic E-state index is 11.6. The topological polar surface area (TPSA) is 70.6 Å². The van der Waals surface area contributed by atoms with Gasteiger partial charge in [-0.15, -0.1) is 0 Å². The van der Waals surface area contributed by atoms with E-state index in [1.54, 1.807) is 0 Å². The normalized spacial score (nSPS) is 18.5. The Bertz CT molecular complexity index is 253. The van der Waals surface area contributed by atoms with Crippen LogP contribution in [-0.2, 0) is 9.53 Å². The Kier molecular flexibility index (Phi) is 8.02. The molecule has 5 heteroatoms. The molecule has 1 saturated heterocycles. The first-order valence-electron chi connectivity index (χ1n) is 7.35. The number of aliphatic hydroxyl groups excluding tert-OH is 1. The van der Waals surface area contributed by atoms with Crippen molar-refractivity contribution in [3.05, 3.63) is 0 Å². The molecule has 0 aromatic rings. The standard InChI is InChI=1S/C14H28N2O3/c1-11(2)9-12(17)10-16-14(18)5-8-19-13-3-6-15-7-4-13/h11-13,15,17H,3-10H2,1-2H3,(H,16,18). The number of piperidine rings is 1. The fraction of sp³-hybridized carbons (Fsp3) is 0.929. The summed E-state index contributed by atoms with van der Waals surface area (Å²) in [6.45, 7) is 6.91. The second kappa shape index (κ2) is 9.28. The molecule has 19 heavy (non-hydrogen) atoms. The Hall–Kier alpha value is -0.650. The first-order chi connectivity index (χ1) is 9.08. The Morgan fingerprint density at radius 2 is 2.11 bits per heavy atom. The minimum absolute atomic E-state index is 0.0447. The van der Waals surface area contributed by atoms with Crippen molar-refractivity contribution in [3.63, 3.8) is 0 Å². The summed E-state index contributed by atoms with van der Waals surface area (Å²) in [5.74, 6) is 0.395. The Morgan fingerprint density at radius 1 is 1.42 bits per heavy atom. The van der Waals surface area contributed by atoms with Crippen molar-refractivity contribution in [2.75, 3.05) is 26.2 Å². The zero-order valence-corrected chi connectivity index (χ0v) is 12.2. The third kappa shape index (κ3) is 8.18. The van der Waals surface area contributed by atoms with Crippen molar-refractivity contribution < 1.29 is 14.6 Å². The van der Waals surface area contributed by atoms with Crippen LogP contribution in [0.1, 0.15) is 39.5 Å². The summed E-state index contributed by atoms with van der Waals surface area (Å²) in [6, 6.07) is 0. The van der Waals surface area contributed by atoms with Crippen LogP contribution in [0.2, 0.25) is 0 Å². The number of hydrogen-bond acceptors (Lipinski definition) is 4. The molecule has 3 N–H and O–H groups in total. The number of hydrogen-bond donors (Lipinski definition) is 3. The van der Waals surface area contributed by atoms with Gasteiger partial charge < -0.3 is 20.5 Å². The molecule has 1 rings (SSSR count). The van der Waals surface area contributed by atoms with E-state index in [9.17, 15) is 9.90 Å². The largest absolute Gasteiger partial charge is 0.391 e. The Balaban J connectivity index is 2.01. The van der Waals surface area contributed by atoms with E-state index >= 15 is 0 Å². The van der Waals surface area contributed by atoms with Gasteiger partial charge in [0.1, 0.15) is 0 Å². The number of nitrogens with one attached hydrogen (secondary N) is 2. The van der Waals surface area contributed by atoms with E-state index in [0.29, 0.717) is 38.0 Å². The molecule has 1 fully saturated rings. The van der Waals surface area contributed by atoms with E-state index in [-0.39, 0.29) is 5.91 Å². The average molecular weight is 272 g/mol. The van der Waals surface area contributed by atoms with Crippen molar-refractivity contribution in [1.29, 1.82) is 0 Å². The highest BCUT2D eigenvalue weighted by Crippen LogP contribution is 2.07. The number of rotatable bonds is 8. The molecular formula is C14H28N2O3. The molecule has 0 aliphatic carbocycles. The molecule has 0 radical (unpaired) electrons. The molecule has 0 spiro atoms. The number of carbonyl (C=O) groups excluding carboxylic acids is 1. The van der Waals surface area contributed by atoms with Crippen LogP contribution in [0.25, 0.3) is 0 Å². The fourth-order valence-electron chi connectivity index (χ4n) is 2.23. The SMILES string of the molecule is CC(C)CC(O)CNC(=O)CCOC1CCNCC1. The number of carbonyl (C=O) groups is 1. The van der Waals surface area contributed by atoms with E-state index < -0.39 is 6.10 Å². The molecule has 0 saturated carbocycles. The van der Waals surface area contributed by atoms with E-state index in [0.717, 1.165) is 25.9 Å². The summed E-state index contributed by atoms with van der Waals surface area (Å²) in [6.07, 6.45) is 2.98. The lowest BCUT2D eigenvalue weighted by molar-refractivity contribution is -0.123. The van der Waals surface area contributed by atoms with Crippen molar-refractivity contribution in [3.8, 4) is 0 Å². The fourth-order valence-corrected chi connectivity index (χ4v) is 2.23. The van der Waals surface area contributed by atoms with E-state index in [2.05, 4.69) is 24.5 Å². The van der Waals surface area contributed by atoms with Crippen LogP contribution in [0.5, 0.6) is 0 Å². The molecule has 1 amide bonds. The quantitative estimate of drug-likeness (QED) is 0.607. The molecule has 1 heterocycles. The van der Waals surface area contributed by atoms with Gasteiger partial charge in [0.25, 0.3) is 0 Å². The Labute approximate surface area is 116 Å². The highest BCUT2D eigenvalue weighted by molar-refractivity contribution is 5.75. The van der Waals surface area contributed by atoms with Crippen LogP contribution >= 0.6 is 0 Å². The number of amides is 1. The second-order valence-electron chi connectivity index (χ2n) is 5.66. The summed E-state index contributed by atoms with van der Waals surface area (Å²) < 4.78 is 5.66. The maximum atomic E-state index is 11.6. The minimum atomic E-state index is -0.450. The molecule has 1 aliphatic heterocycles. The van der Waals surface area contributed by atoms with Crippen LogP contribution < -0.4 is 10.6 Å². The summed E-state index contributed by atoms with van der Waals surface area (Å²) in [4.78, 5) is 11.6. The second-order valence-corrected chi connectivity index (χ2v) is 5.66. The van der Waals surface area contributed by atoms with Gasteiger partial charge in [-0.1, -0.05) is 13.8 Å². The first-order valence-corrected chi connectivity index (χ1v) is 7.35. The number of ether oxygens (including phenoxy) is 1. The van der Waals surface area contributed by atoms with Crippen molar-refractivity contribution in [1.82, 2.24) is 10.6 Å². The number of aliphatic hydroxyl groups is 1. The molecule has 0 aromatic heterocycles. The van der Waals surface area contributed by atoms with E-state index in [1.165, 1.54) is 0 Å². The molecule has 5 nitrogen and oxygen atoms in total. The summed E-state index contributed by atoms with van der Waals surface area (Å²) in [5, 5.41) is 15.7. The zero-order chi connectivity index (χ0) is 14.1. The van der Waals surface area contributed by atoms with Crippen LogP contribution in [0.3, 0.4) is 0 Å². The average Bonchev–Trinajstić information content (AvgIpc) is 2.37. The lowest BCUT2D eigenvalue weighted by atomic mass is 10.1. The first kappa shape index (κ1) is 16.4. The van der Waals surface area contributed by atoms with Gasteiger partial charge in [0.2, 0.25) is 5.91 Å². The van der Waals surface area contributed by atoms with Crippen LogP contribution in [0.4, 0.5) is 0 Å². The lowest BCUT2D eigenvalue weighted by Gasteiger charge is -2.22. The monoisotopic (exact) mass is 272 g/mol. The molecule has 1 atom stereocenters. The minimum Gasteiger partial charge on any atom is -0.391 e. The lowest BCUT2D eigenvalue weighted by Crippen LogP contribution is -2.35. The highest BCUT2D eigenvalue weighted by atomic mass is 16.5. The van der Waals surface area contributed by atoms with Crippen molar-refractivity contribution in [2.45, 2.75) is 51.7 Å². The van der Waals surface area contributed by atoms with E-state index in [4.69, 9.17) is 4.74 Å². The summed E-state index contributed by atoms with van der Waals surface area (Å²) in [5.41, 5.74) is 0. The van der Waals surface area contributed by atoms with Crippen LogP contribution in [0.15, 0.2) is 0 Å². The van der Waals surface area contributed by atoms with Gasteiger partial charge in [0.05, 0.1) is 18.8 Å². The third-order valence-corrected chi connectivity index (χ3v) is 3.25. The predicted octanol–water partition coefficient (Wildman–Crippen LogP) is 0.668. The van der Waals surface area contributed by atoms with Crippen molar-refractivity contribution in [2.24, 2.45) is 5.92 Å². The molecule has 0 bridgehead atoms. The van der Waals surface area contributed by atoms with Gasteiger partial charge >= 0.3 is 0 Å². The summed E-state index contributed by atoms with van der Waals surface area (Å²) in [7, 11) is 0. The van der Waals surface area contributed by atoms with Gasteiger partial charge in [-0.05, 0) is 38.3 Å². The van der Waals surface area contributed by atoms with Gasteiger partial charge in [-0.25, -0.2) is 0 Å². The molecule has 112 valence electrons. The Morgan fingerprint density at radius 3 is 2.74 bits per heavy atom. The predicted molar refractivity (Wildman–Crippen MR) is 74.9 cm³/mol. The molecule has 0 aromatic carbocycles. The summed E-state index contributed by atoms with van der Waals surface area (Å²) >= 11 is 0. The molecule has 1 aliphatic rings. The van der Waals surface area contributed by atoms with Crippen LogP contribution in [0, 0.1) is 5.92 Å². The van der Waals surface area contributed by atoms with Gasteiger partial charge in [-0.3, -0.25) is 4.79 Å². The van der Waals surface area contributed by atoms with Gasteiger partial charge in [0, 0.05) is 13.0 Å². The van der Waals surface area contributed by atoms with Gasteiger partial charge in [0.15, 0.2) is 0 Å². The highest BCUT2D eigenvalue weighted by Gasteiger charge is 2.14. The smallest absolute Gasteiger partial charge is 0.222 e. The molecular weight excluding hydrogens is 244 g/mol. The third-order valence-electron chi connectivity index (χ3n) is 3.25. The zero-order valence-electron chi connectivity index (χ0n) is 12.2. The van der Waals surface area contributed by atoms with Crippen molar-refractivity contribution >= 4 is 5.91 Å².